The van der Waals surface area contributed by atoms with Gasteiger partial charge < -0.3 is 19.5 Å². The summed E-state index contributed by atoms with van der Waals surface area (Å²) in [6.07, 6.45) is 0. The molecule has 2 aromatic carbocycles. The minimum absolute atomic E-state index is 0.193. The fourth-order valence-corrected chi connectivity index (χ4v) is 3.84. The molecule has 34 heavy (non-hydrogen) atoms. The second kappa shape index (κ2) is 11.1. The Morgan fingerprint density at radius 2 is 1.50 bits per heavy atom. The Kier molecular flexibility index (Phi) is 8.04. The van der Waals surface area contributed by atoms with Crippen LogP contribution < -0.4 is 30.4 Å². The van der Waals surface area contributed by atoms with Gasteiger partial charge in [-0.3, -0.25) is 25.2 Å². The summed E-state index contributed by atoms with van der Waals surface area (Å²) in [5, 5.41) is 2.45. The summed E-state index contributed by atoms with van der Waals surface area (Å²) < 4.78 is 28.7. The highest BCUT2D eigenvalue weighted by molar-refractivity contribution is 7.17. The third kappa shape index (κ3) is 5.81. The molecule has 0 aliphatic rings. The van der Waals surface area contributed by atoms with Gasteiger partial charge in [-0.05, 0) is 42.0 Å². The monoisotopic (exact) mass is 487 g/mol. The van der Waals surface area contributed by atoms with Crippen LogP contribution in [0.2, 0.25) is 0 Å². The molecular weight excluding hydrogens is 465 g/mol. The highest BCUT2D eigenvalue weighted by atomic mass is 32.1. The number of amides is 3. The number of methoxy groups -OCH3 is 3. The maximum atomic E-state index is 13.1. The van der Waals surface area contributed by atoms with Crippen molar-refractivity contribution >= 4 is 29.1 Å². The highest BCUT2D eigenvalue weighted by Crippen LogP contribution is 2.38. The van der Waals surface area contributed by atoms with Gasteiger partial charge in [-0.15, -0.1) is 11.3 Å². The van der Waals surface area contributed by atoms with Crippen LogP contribution in [0.5, 0.6) is 17.2 Å². The number of hydrazine groups is 1. The van der Waals surface area contributed by atoms with Gasteiger partial charge in [0.25, 0.3) is 17.7 Å². The molecule has 1 aromatic heterocycles. The van der Waals surface area contributed by atoms with Crippen LogP contribution in [0.1, 0.15) is 20.0 Å². The maximum absolute atomic E-state index is 13.1. The Morgan fingerprint density at radius 3 is 2.09 bits per heavy atom. The standard InChI is InChI=1S/C23H22FN3O6S/c1-31-16-10-14(11-17(32-2)21(16)33-3)22(29)25-12-20(28)26-27-23(30)19-9-8-18(34-19)13-4-6-15(24)7-5-13/h4-11H,12H2,1-3H3,(H,25,29)(H,26,28)(H,27,30). The molecule has 0 aliphatic carbocycles. The first-order valence-corrected chi connectivity index (χ1v) is 10.7. The third-order valence-electron chi connectivity index (χ3n) is 4.61. The molecule has 0 bridgehead atoms. The van der Waals surface area contributed by atoms with Crippen LogP contribution in [-0.4, -0.2) is 45.6 Å². The van der Waals surface area contributed by atoms with Gasteiger partial charge in [-0.1, -0.05) is 12.1 Å². The summed E-state index contributed by atoms with van der Waals surface area (Å²) in [5.74, 6) is -1.15. The van der Waals surface area contributed by atoms with Gasteiger partial charge in [0, 0.05) is 10.4 Å². The van der Waals surface area contributed by atoms with E-state index in [9.17, 15) is 18.8 Å². The minimum atomic E-state index is -0.635. The van der Waals surface area contributed by atoms with Crippen molar-refractivity contribution in [2.75, 3.05) is 27.9 Å². The molecule has 0 saturated heterocycles. The Hall–Kier alpha value is -4.12. The first kappa shape index (κ1) is 24.5. The van der Waals surface area contributed by atoms with Crippen molar-refractivity contribution in [3.63, 3.8) is 0 Å². The highest BCUT2D eigenvalue weighted by Gasteiger charge is 2.18. The molecule has 3 aromatic rings. The number of carbonyl (C=O) groups is 3. The lowest BCUT2D eigenvalue weighted by Gasteiger charge is -2.14. The summed E-state index contributed by atoms with van der Waals surface area (Å²) in [6, 6.07) is 12.1. The lowest BCUT2D eigenvalue weighted by Crippen LogP contribution is -2.46. The summed E-state index contributed by atoms with van der Waals surface area (Å²) in [6.45, 7) is -0.388. The number of carbonyl (C=O) groups excluding carboxylic acids is 3. The summed E-state index contributed by atoms with van der Waals surface area (Å²) >= 11 is 1.19. The summed E-state index contributed by atoms with van der Waals surface area (Å²) in [5.41, 5.74) is 5.49. The molecule has 0 atom stereocenters. The largest absolute Gasteiger partial charge is 0.493 e. The zero-order chi connectivity index (χ0) is 24.7. The molecule has 3 rings (SSSR count). The van der Waals surface area contributed by atoms with Crippen molar-refractivity contribution < 1.29 is 33.0 Å². The predicted octanol–water partition coefficient (Wildman–Crippen LogP) is 2.77. The number of nitrogens with one attached hydrogen (secondary N) is 3. The molecule has 0 radical (unpaired) electrons. The van der Waals surface area contributed by atoms with Gasteiger partial charge in [0.1, 0.15) is 5.82 Å². The number of halogens is 1. The van der Waals surface area contributed by atoms with E-state index in [0.717, 1.165) is 10.4 Å². The number of rotatable bonds is 8. The van der Waals surface area contributed by atoms with Gasteiger partial charge in [-0.25, -0.2) is 4.39 Å². The molecule has 178 valence electrons. The quantitative estimate of drug-likeness (QED) is 0.421. The first-order valence-electron chi connectivity index (χ1n) is 9.89. The third-order valence-corrected chi connectivity index (χ3v) is 5.74. The van der Waals surface area contributed by atoms with E-state index in [1.807, 2.05) is 0 Å². The van der Waals surface area contributed by atoms with E-state index < -0.39 is 17.7 Å². The van der Waals surface area contributed by atoms with Crippen molar-refractivity contribution in [2.45, 2.75) is 0 Å². The molecule has 0 aliphatic heterocycles. The van der Waals surface area contributed by atoms with Crippen molar-refractivity contribution in [3.8, 4) is 27.7 Å². The van der Waals surface area contributed by atoms with E-state index in [-0.39, 0.29) is 17.9 Å². The van der Waals surface area contributed by atoms with Crippen LogP contribution in [-0.2, 0) is 4.79 Å². The molecule has 0 unspecified atom stereocenters. The Balaban J connectivity index is 1.53. The maximum Gasteiger partial charge on any atom is 0.279 e. The SMILES string of the molecule is COc1cc(C(=O)NCC(=O)NNC(=O)c2ccc(-c3ccc(F)cc3)s2)cc(OC)c1OC. The summed E-state index contributed by atoms with van der Waals surface area (Å²) in [4.78, 5) is 38.0. The second-order valence-corrected chi connectivity index (χ2v) is 7.85. The average molecular weight is 488 g/mol. The number of benzene rings is 2. The molecular formula is C23H22FN3O6S. The summed E-state index contributed by atoms with van der Waals surface area (Å²) in [7, 11) is 4.29. The van der Waals surface area contributed by atoms with Gasteiger partial charge >= 0.3 is 0 Å². The normalized spacial score (nSPS) is 10.2. The predicted molar refractivity (Wildman–Crippen MR) is 124 cm³/mol. The second-order valence-electron chi connectivity index (χ2n) is 6.77. The zero-order valence-electron chi connectivity index (χ0n) is 18.6. The Bertz CT molecular complexity index is 1170. The first-order chi connectivity index (χ1) is 16.4. The lowest BCUT2D eigenvalue weighted by molar-refractivity contribution is -0.120. The van der Waals surface area contributed by atoms with E-state index in [2.05, 4.69) is 16.2 Å². The Morgan fingerprint density at radius 1 is 0.853 bits per heavy atom. The number of hydrogen-bond donors (Lipinski definition) is 3. The zero-order valence-corrected chi connectivity index (χ0v) is 19.4. The average Bonchev–Trinajstić information content (AvgIpc) is 3.35. The topological polar surface area (TPSA) is 115 Å². The van der Waals surface area contributed by atoms with Crippen molar-refractivity contribution in [1.29, 1.82) is 0 Å². The van der Waals surface area contributed by atoms with Gasteiger partial charge in [0.2, 0.25) is 5.75 Å². The number of ether oxygens (including phenoxy) is 3. The van der Waals surface area contributed by atoms with Crippen LogP contribution in [0.3, 0.4) is 0 Å². The van der Waals surface area contributed by atoms with Gasteiger partial charge in [0.15, 0.2) is 11.5 Å². The fraction of sp³-hybridized carbons (Fsp3) is 0.174. The number of thiophene rings is 1. The minimum Gasteiger partial charge on any atom is -0.493 e. The molecule has 1 heterocycles. The van der Waals surface area contributed by atoms with Crippen LogP contribution in [0.15, 0.2) is 48.5 Å². The smallest absolute Gasteiger partial charge is 0.279 e. The van der Waals surface area contributed by atoms with Gasteiger partial charge in [-0.2, -0.15) is 0 Å². The molecule has 0 saturated carbocycles. The molecule has 3 amide bonds. The van der Waals surface area contributed by atoms with Crippen molar-refractivity contribution in [3.05, 3.63) is 64.8 Å². The number of hydrogen-bond acceptors (Lipinski definition) is 7. The van der Waals surface area contributed by atoms with E-state index in [1.165, 1.54) is 56.9 Å². The molecule has 11 heteroatoms. The van der Waals surface area contributed by atoms with Crippen LogP contribution in [0.25, 0.3) is 10.4 Å². The van der Waals surface area contributed by atoms with Crippen LogP contribution in [0, 0.1) is 5.82 Å². The van der Waals surface area contributed by atoms with Crippen LogP contribution >= 0.6 is 11.3 Å². The molecule has 9 nitrogen and oxygen atoms in total. The van der Waals surface area contributed by atoms with E-state index in [4.69, 9.17) is 14.2 Å². The molecule has 3 N–H and O–H groups in total. The van der Waals surface area contributed by atoms with E-state index in [1.54, 1.807) is 24.3 Å². The lowest BCUT2D eigenvalue weighted by atomic mass is 10.1. The fourth-order valence-electron chi connectivity index (χ4n) is 2.94. The van der Waals surface area contributed by atoms with Gasteiger partial charge in [0.05, 0.1) is 32.8 Å². The molecule has 0 spiro atoms. The molecule has 0 fully saturated rings. The van der Waals surface area contributed by atoms with E-state index >= 15 is 0 Å². The van der Waals surface area contributed by atoms with Crippen LogP contribution in [0.4, 0.5) is 4.39 Å². The Labute approximate surface area is 198 Å². The van der Waals surface area contributed by atoms with Crippen molar-refractivity contribution in [1.82, 2.24) is 16.2 Å². The van der Waals surface area contributed by atoms with E-state index in [0.29, 0.717) is 22.1 Å². The van der Waals surface area contributed by atoms with Crippen molar-refractivity contribution in [2.24, 2.45) is 0 Å².